The molecule has 0 radical (unpaired) electrons. The van der Waals surface area contributed by atoms with Gasteiger partial charge in [0.1, 0.15) is 0 Å². The zero-order chi connectivity index (χ0) is 19.2. The van der Waals surface area contributed by atoms with Gasteiger partial charge in [-0.3, -0.25) is 0 Å². The Labute approximate surface area is 162 Å². The van der Waals surface area contributed by atoms with Crippen LogP contribution in [-0.2, 0) is 0 Å². The first-order valence-corrected chi connectivity index (χ1v) is 8.65. The summed E-state index contributed by atoms with van der Waals surface area (Å²) < 4.78 is 26.3. The molecule has 0 atom stereocenters. The average molecular weight is 392 g/mol. The first kappa shape index (κ1) is 15.7. The van der Waals surface area contributed by atoms with E-state index in [4.69, 9.17) is 23.6 Å². The first-order chi connectivity index (χ1) is 14.3. The van der Waals surface area contributed by atoms with E-state index in [0.29, 0.717) is 34.6 Å². The minimum absolute atomic E-state index is 0.200. The summed E-state index contributed by atoms with van der Waals surface area (Å²) in [6, 6.07) is 11.0. The summed E-state index contributed by atoms with van der Waals surface area (Å²) in [5.74, 6) is 3.55. The Morgan fingerprint density at radius 3 is 1.62 bits per heavy atom. The third-order valence-electron chi connectivity index (χ3n) is 4.38. The molecule has 0 fully saturated rings. The van der Waals surface area contributed by atoms with Gasteiger partial charge in [0, 0.05) is 23.5 Å². The molecule has 6 rings (SSSR count). The molecule has 0 saturated heterocycles. The molecule has 11 nitrogen and oxygen atoms in total. The van der Waals surface area contributed by atoms with E-state index in [1.54, 1.807) is 0 Å². The van der Waals surface area contributed by atoms with Gasteiger partial charge >= 0.3 is 0 Å². The Balaban J connectivity index is 1.37. The maximum absolute atomic E-state index is 5.43. The fraction of sp³-hybridized carbons (Fsp3) is 0.111. The van der Waals surface area contributed by atoms with E-state index >= 15 is 0 Å². The lowest BCUT2D eigenvalue weighted by atomic mass is 10.2. The van der Waals surface area contributed by atoms with Gasteiger partial charge in [-0.2, -0.15) is 0 Å². The molecule has 11 heteroatoms. The number of nitrogens with zero attached hydrogens (tertiary/aromatic N) is 4. The van der Waals surface area contributed by atoms with Gasteiger partial charge in [-0.1, -0.05) is 0 Å². The Bertz CT molecular complexity index is 1150. The molecule has 4 aromatic rings. The van der Waals surface area contributed by atoms with Gasteiger partial charge in [-0.25, -0.2) is 14.6 Å². The number of benzene rings is 2. The molecule has 0 amide bonds. The Hall–Kier alpha value is -4.28. The van der Waals surface area contributed by atoms with Crippen LogP contribution in [0.15, 0.2) is 41.0 Å². The fourth-order valence-corrected chi connectivity index (χ4v) is 3.03. The highest BCUT2D eigenvalue weighted by atomic mass is 16.7. The SMILES string of the molecule is c1cc2c(cc1Nc1nc3nonc3nc1Nc1ccc3c(c1)OCO3)OCO2. The molecule has 0 saturated carbocycles. The van der Waals surface area contributed by atoms with E-state index in [9.17, 15) is 0 Å². The highest BCUT2D eigenvalue weighted by Gasteiger charge is 2.18. The number of anilines is 4. The molecular formula is C18H12N6O5. The number of hydrogen-bond acceptors (Lipinski definition) is 11. The second kappa shape index (κ2) is 6.12. The standard InChI is InChI=1S/C18H12N6O5/c1-3-11-13(27-7-25-11)5-9(1)19-15-16(22-18-17(21-15)23-29-24-18)20-10-2-4-12-14(6-10)28-8-26-12/h1-6H,7-8H2,(H,19,21,23)(H,20,22,24). The van der Waals surface area contributed by atoms with Gasteiger partial charge in [0.05, 0.1) is 0 Å². The van der Waals surface area contributed by atoms with Crippen LogP contribution in [0.1, 0.15) is 0 Å². The predicted octanol–water partition coefficient (Wildman–Crippen LogP) is 2.96. The molecule has 0 spiro atoms. The van der Waals surface area contributed by atoms with Crippen molar-refractivity contribution in [2.75, 3.05) is 24.2 Å². The van der Waals surface area contributed by atoms with Crippen molar-refractivity contribution in [3.63, 3.8) is 0 Å². The summed E-state index contributed by atoms with van der Waals surface area (Å²) in [5.41, 5.74) is 2.05. The summed E-state index contributed by atoms with van der Waals surface area (Å²) >= 11 is 0. The number of ether oxygens (including phenoxy) is 4. The molecule has 2 N–H and O–H groups in total. The van der Waals surface area contributed by atoms with Crippen molar-refractivity contribution >= 4 is 34.3 Å². The highest BCUT2D eigenvalue weighted by Crippen LogP contribution is 2.37. The molecule has 2 aliphatic heterocycles. The molecule has 0 bridgehead atoms. The molecule has 0 aliphatic carbocycles. The van der Waals surface area contributed by atoms with Crippen LogP contribution in [0.2, 0.25) is 0 Å². The van der Waals surface area contributed by atoms with Crippen molar-refractivity contribution in [2.24, 2.45) is 0 Å². The summed E-state index contributed by atoms with van der Waals surface area (Å²) in [5, 5.41) is 14.0. The second-order valence-corrected chi connectivity index (χ2v) is 6.22. The summed E-state index contributed by atoms with van der Waals surface area (Å²) in [7, 11) is 0. The van der Waals surface area contributed by atoms with Crippen molar-refractivity contribution in [2.45, 2.75) is 0 Å². The highest BCUT2D eigenvalue weighted by molar-refractivity contribution is 5.79. The van der Waals surface area contributed by atoms with Crippen LogP contribution in [0.3, 0.4) is 0 Å². The van der Waals surface area contributed by atoms with E-state index in [1.165, 1.54) is 0 Å². The molecular weight excluding hydrogens is 380 g/mol. The Morgan fingerprint density at radius 2 is 1.10 bits per heavy atom. The van der Waals surface area contributed by atoms with Gasteiger partial charge in [-0.05, 0) is 34.6 Å². The van der Waals surface area contributed by atoms with Crippen LogP contribution >= 0.6 is 0 Å². The van der Waals surface area contributed by atoms with Crippen molar-refractivity contribution in [3.8, 4) is 23.0 Å². The zero-order valence-corrected chi connectivity index (χ0v) is 14.7. The van der Waals surface area contributed by atoms with Crippen LogP contribution < -0.4 is 29.6 Å². The second-order valence-electron chi connectivity index (χ2n) is 6.22. The molecule has 4 heterocycles. The van der Waals surface area contributed by atoms with Gasteiger partial charge in [0.2, 0.25) is 24.9 Å². The number of aromatic nitrogens is 4. The van der Waals surface area contributed by atoms with Crippen molar-refractivity contribution < 1.29 is 23.6 Å². The number of nitrogens with one attached hydrogen (secondary N) is 2. The minimum atomic E-state index is 0.200. The van der Waals surface area contributed by atoms with E-state index in [1.807, 2.05) is 36.4 Å². The summed E-state index contributed by atoms with van der Waals surface area (Å²) in [6.45, 7) is 0.401. The van der Waals surface area contributed by atoms with Crippen molar-refractivity contribution in [3.05, 3.63) is 36.4 Å². The fourth-order valence-electron chi connectivity index (χ4n) is 3.03. The van der Waals surface area contributed by atoms with Gasteiger partial charge in [0.25, 0.3) is 0 Å². The van der Waals surface area contributed by atoms with E-state index in [0.717, 1.165) is 11.4 Å². The average Bonchev–Trinajstić information content (AvgIpc) is 3.47. The molecule has 144 valence electrons. The van der Waals surface area contributed by atoms with Crippen LogP contribution in [0.25, 0.3) is 11.3 Å². The Kier molecular flexibility index (Phi) is 3.32. The topological polar surface area (TPSA) is 126 Å². The number of hydrogen-bond donors (Lipinski definition) is 2. The van der Waals surface area contributed by atoms with Crippen LogP contribution in [0.5, 0.6) is 23.0 Å². The molecule has 0 unspecified atom stereocenters. The van der Waals surface area contributed by atoms with E-state index in [2.05, 4.69) is 30.9 Å². The van der Waals surface area contributed by atoms with Gasteiger partial charge in [0.15, 0.2) is 34.6 Å². The molecule has 2 aromatic carbocycles. The summed E-state index contributed by atoms with van der Waals surface area (Å²) in [4.78, 5) is 8.92. The smallest absolute Gasteiger partial charge is 0.245 e. The van der Waals surface area contributed by atoms with Crippen molar-refractivity contribution in [1.82, 2.24) is 20.3 Å². The lowest BCUT2D eigenvalue weighted by Crippen LogP contribution is -2.03. The number of fused-ring (bicyclic) bond motifs is 3. The Morgan fingerprint density at radius 1 is 0.621 bits per heavy atom. The lowest BCUT2D eigenvalue weighted by molar-refractivity contribution is 0.173. The monoisotopic (exact) mass is 392 g/mol. The third kappa shape index (κ3) is 2.76. The van der Waals surface area contributed by atoms with Crippen LogP contribution in [-0.4, -0.2) is 33.9 Å². The minimum Gasteiger partial charge on any atom is -0.454 e. The maximum atomic E-state index is 5.43. The lowest BCUT2D eigenvalue weighted by Gasteiger charge is -2.12. The maximum Gasteiger partial charge on any atom is 0.245 e. The molecule has 2 aliphatic rings. The van der Waals surface area contributed by atoms with Crippen LogP contribution in [0.4, 0.5) is 23.0 Å². The van der Waals surface area contributed by atoms with Crippen molar-refractivity contribution in [1.29, 1.82) is 0 Å². The summed E-state index contributed by atoms with van der Waals surface area (Å²) in [6.07, 6.45) is 0. The zero-order valence-electron chi connectivity index (χ0n) is 14.7. The normalized spacial score (nSPS) is 13.7. The molecule has 29 heavy (non-hydrogen) atoms. The predicted molar refractivity (Wildman–Crippen MR) is 99.1 cm³/mol. The largest absolute Gasteiger partial charge is 0.454 e. The van der Waals surface area contributed by atoms with Gasteiger partial charge in [-0.15, -0.1) is 0 Å². The van der Waals surface area contributed by atoms with Crippen LogP contribution in [0, 0.1) is 0 Å². The first-order valence-electron chi connectivity index (χ1n) is 8.65. The van der Waals surface area contributed by atoms with E-state index < -0.39 is 0 Å². The van der Waals surface area contributed by atoms with E-state index in [-0.39, 0.29) is 24.9 Å². The molecule has 2 aromatic heterocycles. The third-order valence-corrected chi connectivity index (χ3v) is 4.38. The van der Waals surface area contributed by atoms with Gasteiger partial charge < -0.3 is 29.6 Å². The quantitative estimate of drug-likeness (QED) is 0.532. The number of rotatable bonds is 4.